The van der Waals surface area contributed by atoms with Crippen molar-refractivity contribution in [2.24, 2.45) is 5.92 Å². The minimum Gasteiger partial charge on any atom is -0.478 e. The highest BCUT2D eigenvalue weighted by Crippen LogP contribution is 2.19. The van der Waals surface area contributed by atoms with Gasteiger partial charge in [-0.05, 0) is 6.42 Å². The first-order valence-corrected chi connectivity index (χ1v) is 5.54. The van der Waals surface area contributed by atoms with Gasteiger partial charge in [0.2, 0.25) is 0 Å². The molecule has 0 aliphatic heterocycles. The molecule has 1 atom stereocenters. The second kappa shape index (κ2) is 7.91. The van der Waals surface area contributed by atoms with Gasteiger partial charge in [-0.25, -0.2) is 4.79 Å². The van der Waals surface area contributed by atoms with Crippen LogP contribution < -0.4 is 0 Å². The number of aliphatic carboxylic acids is 1. The molecule has 0 spiro atoms. The highest BCUT2D eigenvalue weighted by Gasteiger charge is 2.26. The van der Waals surface area contributed by atoms with Gasteiger partial charge >= 0.3 is 11.9 Å². The Morgan fingerprint density at radius 1 is 1.31 bits per heavy atom. The number of hydrogen-bond acceptors (Lipinski definition) is 3. The van der Waals surface area contributed by atoms with Crippen molar-refractivity contribution in [2.75, 3.05) is 7.11 Å². The highest BCUT2D eigenvalue weighted by molar-refractivity contribution is 5.93. The Kier molecular flexibility index (Phi) is 7.25. The van der Waals surface area contributed by atoms with Crippen LogP contribution in [-0.2, 0) is 14.3 Å². The van der Waals surface area contributed by atoms with E-state index in [2.05, 4.69) is 18.2 Å². The van der Waals surface area contributed by atoms with E-state index >= 15 is 0 Å². The number of hydrogen-bond donors (Lipinski definition) is 1. The fourth-order valence-electron chi connectivity index (χ4n) is 1.50. The molecule has 0 rings (SSSR count). The van der Waals surface area contributed by atoms with Crippen LogP contribution in [0.4, 0.5) is 0 Å². The smallest absolute Gasteiger partial charge is 0.331 e. The molecule has 0 bridgehead atoms. The standard InChI is InChI=1S/C12H20O4/c1-4-5-6-7-8-10(12(15)16-3)9(2)11(13)14/h10H,2,4-8H2,1,3H3,(H,13,14). The van der Waals surface area contributed by atoms with Gasteiger partial charge in [0.25, 0.3) is 0 Å². The lowest BCUT2D eigenvalue weighted by atomic mass is 9.94. The Morgan fingerprint density at radius 2 is 1.94 bits per heavy atom. The summed E-state index contributed by atoms with van der Waals surface area (Å²) in [6.45, 7) is 5.51. The molecule has 0 amide bonds. The van der Waals surface area contributed by atoms with Gasteiger partial charge in [0, 0.05) is 5.57 Å². The van der Waals surface area contributed by atoms with Crippen LogP contribution in [-0.4, -0.2) is 24.2 Å². The van der Waals surface area contributed by atoms with Gasteiger partial charge in [-0.2, -0.15) is 0 Å². The van der Waals surface area contributed by atoms with Gasteiger partial charge < -0.3 is 9.84 Å². The Hall–Kier alpha value is -1.32. The van der Waals surface area contributed by atoms with Crippen LogP contribution in [0.5, 0.6) is 0 Å². The number of unbranched alkanes of at least 4 members (excludes halogenated alkanes) is 3. The average molecular weight is 228 g/mol. The number of ether oxygens (including phenoxy) is 1. The molecule has 0 saturated heterocycles. The average Bonchev–Trinajstić information content (AvgIpc) is 2.27. The molecule has 0 heterocycles. The van der Waals surface area contributed by atoms with Gasteiger partial charge in [0.1, 0.15) is 0 Å². The van der Waals surface area contributed by atoms with Crippen molar-refractivity contribution in [3.05, 3.63) is 12.2 Å². The van der Waals surface area contributed by atoms with Crippen molar-refractivity contribution in [3.63, 3.8) is 0 Å². The molecule has 0 aliphatic carbocycles. The van der Waals surface area contributed by atoms with E-state index in [0.717, 1.165) is 25.7 Å². The first-order chi connectivity index (χ1) is 7.54. The third kappa shape index (κ3) is 4.96. The predicted octanol–water partition coefficient (Wildman–Crippen LogP) is 2.39. The number of methoxy groups -OCH3 is 1. The molecule has 0 aromatic carbocycles. The lowest BCUT2D eigenvalue weighted by Gasteiger charge is -2.14. The summed E-state index contributed by atoms with van der Waals surface area (Å²) < 4.78 is 4.58. The zero-order chi connectivity index (χ0) is 12.6. The maximum atomic E-state index is 11.4. The topological polar surface area (TPSA) is 63.6 Å². The zero-order valence-corrected chi connectivity index (χ0v) is 9.99. The number of carboxylic acids is 1. The van der Waals surface area contributed by atoms with Gasteiger partial charge in [-0.15, -0.1) is 0 Å². The van der Waals surface area contributed by atoms with Crippen LogP contribution in [0.1, 0.15) is 39.0 Å². The molecule has 0 radical (unpaired) electrons. The number of rotatable bonds is 8. The minimum atomic E-state index is -1.13. The normalized spacial score (nSPS) is 11.9. The summed E-state index contributed by atoms with van der Waals surface area (Å²) in [6.07, 6.45) is 4.50. The fourth-order valence-corrected chi connectivity index (χ4v) is 1.50. The monoisotopic (exact) mass is 228 g/mol. The van der Waals surface area contributed by atoms with Crippen LogP contribution >= 0.6 is 0 Å². The Labute approximate surface area is 96.3 Å². The molecule has 0 aliphatic rings. The Morgan fingerprint density at radius 3 is 2.38 bits per heavy atom. The second-order valence-corrected chi connectivity index (χ2v) is 3.76. The quantitative estimate of drug-likeness (QED) is 0.393. The summed E-state index contributed by atoms with van der Waals surface area (Å²) in [5.74, 6) is -2.35. The van der Waals surface area contributed by atoms with Crippen LogP contribution in [0, 0.1) is 5.92 Å². The van der Waals surface area contributed by atoms with Gasteiger partial charge in [0.15, 0.2) is 0 Å². The Bertz CT molecular complexity index is 258. The number of esters is 1. The number of carboxylic acid groups (broad SMARTS) is 1. The molecule has 1 N–H and O–H groups in total. The number of carbonyl (C=O) groups is 2. The van der Waals surface area contributed by atoms with E-state index in [9.17, 15) is 9.59 Å². The first-order valence-electron chi connectivity index (χ1n) is 5.54. The van der Waals surface area contributed by atoms with Crippen LogP contribution in [0.2, 0.25) is 0 Å². The maximum Gasteiger partial charge on any atom is 0.331 e. The summed E-state index contributed by atoms with van der Waals surface area (Å²) in [4.78, 5) is 22.1. The lowest BCUT2D eigenvalue weighted by Crippen LogP contribution is -2.22. The molecule has 16 heavy (non-hydrogen) atoms. The number of carbonyl (C=O) groups excluding carboxylic acids is 1. The van der Waals surface area contributed by atoms with E-state index in [-0.39, 0.29) is 5.57 Å². The van der Waals surface area contributed by atoms with Crippen molar-refractivity contribution in [1.29, 1.82) is 0 Å². The summed E-state index contributed by atoms with van der Waals surface area (Å²) in [7, 11) is 1.26. The van der Waals surface area contributed by atoms with Crippen molar-refractivity contribution in [2.45, 2.75) is 39.0 Å². The van der Waals surface area contributed by atoms with E-state index in [1.165, 1.54) is 7.11 Å². The lowest BCUT2D eigenvalue weighted by molar-refractivity contribution is -0.146. The molecule has 4 nitrogen and oxygen atoms in total. The summed E-state index contributed by atoms with van der Waals surface area (Å²) in [6, 6.07) is 0. The van der Waals surface area contributed by atoms with Crippen molar-refractivity contribution in [3.8, 4) is 0 Å². The van der Waals surface area contributed by atoms with Gasteiger partial charge in [0.05, 0.1) is 13.0 Å². The van der Waals surface area contributed by atoms with Crippen LogP contribution in [0.25, 0.3) is 0 Å². The van der Waals surface area contributed by atoms with Crippen molar-refractivity contribution < 1.29 is 19.4 Å². The van der Waals surface area contributed by atoms with E-state index in [4.69, 9.17) is 5.11 Å². The first kappa shape index (κ1) is 14.7. The second-order valence-electron chi connectivity index (χ2n) is 3.76. The SMILES string of the molecule is C=C(C(=O)O)C(CCCCCC)C(=O)OC. The Balaban J connectivity index is 4.27. The third-order valence-electron chi connectivity index (χ3n) is 2.53. The maximum absolute atomic E-state index is 11.4. The summed E-state index contributed by atoms with van der Waals surface area (Å²) >= 11 is 0. The largest absolute Gasteiger partial charge is 0.478 e. The van der Waals surface area contributed by atoms with E-state index in [1.807, 2.05) is 0 Å². The molecule has 0 saturated carbocycles. The molecule has 92 valence electrons. The molecular formula is C12H20O4. The molecule has 0 fully saturated rings. The molecule has 4 heteroatoms. The zero-order valence-electron chi connectivity index (χ0n) is 9.99. The van der Waals surface area contributed by atoms with Gasteiger partial charge in [-0.3, -0.25) is 4.79 Å². The summed E-state index contributed by atoms with van der Waals surface area (Å²) in [5.41, 5.74) is -0.0802. The molecule has 0 aromatic rings. The highest BCUT2D eigenvalue weighted by atomic mass is 16.5. The molecule has 0 aromatic heterocycles. The minimum absolute atomic E-state index is 0.0802. The summed E-state index contributed by atoms with van der Waals surface area (Å²) in [5, 5.41) is 8.79. The molecule has 1 unspecified atom stereocenters. The predicted molar refractivity (Wildman–Crippen MR) is 61.0 cm³/mol. The van der Waals surface area contributed by atoms with E-state index in [0.29, 0.717) is 6.42 Å². The van der Waals surface area contributed by atoms with E-state index in [1.54, 1.807) is 0 Å². The van der Waals surface area contributed by atoms with E-state index < -0.39 is 17.9 Å². The van der Waals surface area contributed by atoms with Gasteiger partial charge in [-0.1, -0.05) is 39.2 Å². The van der Waals surface area contributed by atoms with Crippen molar-refractivity contribution in [1.82, 2.24) is 0 Å². The van der Waals surface area contributed by atoms with Crippen LogP contribution in [0.15, 0.2) is 12.2 Å². The van der Waals surface area contributed by atoms with Crippen molar-refractivity contribution >= 4 is 11.9 Å². The molecular weight excluding hydrogens is 208 g/mol. The fraction of sp³-hybridized carbons (Fsp3) is 0.667. The third-order valence-corrected chi connectivity index (χ3v) is 2.53. The van der Waals surface area contributed by atoms with Crippen LogP contribution in [0.3, 0.4) is 0 Å².